The Morgan fingerprint density at radius 1 is 1.21 bits per heavy atom. The third-order valence-electron chi connectivity index (χ3n) is 5.72. The third kappa shape index (κ3) is 4.92. The van der Waals surface area contributed by atoms with Gasteiger partial charge in [0, 0.05) is 26.2 Å². The van der Waals surface area contributed by atoms with Gasteiger partial charge in [-0.25, -0.2) is 0 Å². The molecule has 4 unspecified atom stereocenters. The minimum absolute atomic E-state index is 0.0335. The van der Waals surface area contributed by atoms with E-state index in [1.807, 2.05) is 36.9 Å². The van der Waals surface area contributed by atoms with Crippen LogP contribution in [-0.2, 0) is 19.1 Å². The van der Waals surface area contributed by atoms with Crippen LogP contribution in [0.1, 0.15) is 45.3 Å². The number of nitrogens with zero attached hydrogens (tertiary/aromatic N) is 2. The van der Waals surface area contributed by atoms with Gasteiger partial charge in [0.15, 0.2) is 0 Å². The predicted molar refractivity (Wildman–Crippen MR) is 107 cm³/mol. The molecule has 1 aromatic rings. The van der Waals surface area contributed by atoms with Crippen molar-refractivity contribution in [1.29, 1.82) is 0 Å². The largest absolute Gasteiger partial charge is 0.466 e. The van der Waals surface area contributed by atoms with E-state index in [2.05, 4.69) is 24.0 Å². The first kappa shape index (κ1) is 20.8. The Labute approximate surface area is 167 Å². The Morgan fingerprint density at radius 2 is 1.96 bits per heavy atom. The van der Waals surface area contributed by atoms with E-state index in [1.165, 1.54) is 0 Å². The van der Waals surface area contributed by atoms with Gasteiger partial charge in [0.25, 0.3) is 0 Å². The van der Waals surface area contributed by atoms with Gasteiger partial charge in [-0.05, 0) is 39.2 Å². The fraction of sp³-hybridized carbons (Fsp3) is 0.636. The van der Waals surface area contributed by atoms with Gasteiger partial charge in [0.2, 0.25) is 5.91 Å². The summed E-state index contributed by atoms with van der Waals surface area (Å²) in [7, 11) is 0. The second-order valence-electron chi connectivity index (χ2n) is 7.85. The molecule has 1 aromatic carbocycles. The first-order chi connectivity index (χ1) is 13.5. The molecule has 2 saturated heterocycles. The summed E-state index contributed by atoms with van der Waals surface area (Å²) in [5.74, 6) is -0.294. The number of likely N-dealkylation sites (tertiary alicyclic amines) is 1. The van der Waals surface area contributed by atoms with E-state index in [1.54, 1.807) is 0 Å². The van der Waals surface area contributed by atoms with E-state index in [4.69, 9.17) is 9.47 Å². The van der Waals surface area contributed by atoms with Crippen molar-refractivity contribution in [2.24, 2.45) is 5.92 Å². The maximum Gasteiger partial charge on any atom is 0.310 e. The van der Waals surface area contributed by atoms with Gasteiger partial charge in [-0.2, -0.15) is 0 Å². The molecule has 6 heteroatoms. The lowest BCUT2D eigenvalue weighted by Crippen LogP contribution is -2.55. The molecule has 2 aliphatic heterocycles. The van der Waals surface area contributed by atoms with Crippen molar-refractivity contribution >= 4 is 11.9 Å². The molecule has 6 nitrogen and oxygen atoms in total. The Hall–Kier alpha value is -1.92. The van der Waals surface area contributed by atoms with Crippen LogP contribution in [0.4, 0.5) is 0 Å². The molecule has 0 aliphatic carbocycles. The van der Waals surface area contributed by atoms with Crippen molar-refractivity contribution in [2.75, 3.05) is 32.8 Å². The number of carbonyl (C=O) groups is 2. The Balaban J connectivity index is 1.64. The molecule has 0 N–H and O–H groups in total. The van der Waals surface area contributed by atoms with E-state index >= 15 is 0 Å². The normalized spacial score (nSPS) is 27.2. The monoisotopic (exact) mass is 388 g/mol. The van der Waals surface area contributed by atoms with Crippen molar-refractivity contribution in [3.63, 3.8) is 0 Å². The quantitative estimate of drug-likeness (QED) is 0.726. The van der Waals surface area contributed by atoms with Gasteiger partial charge in [-0.1, -0.05) is 30.3 Å². The van der Waals surface area contributed by atoms with Crippen LogP contribution in [-0.4, -0.2) is 66.6 Å². The van der Waals surface area contributed by atoms with Crippen molar-refractivity contribution in [3.8, 4) is 0 Å². The van der Waals surface area contributed by atoms with E-state index in [0.29, 0.717) is 26.2 Å². The zero-order chi connectivity index (χ0) is 20.1. The smallest absolute Gasteiger partial charge is 0.310 e. The summed E-state index contributed by atoms with van der Waals surface area (Å²) in [6.45, 7) is 8.81. The molecule has 0 bridgehead atoms. The molecule has 0 spiro atoms. The molecule has 3 rings (SSSR count). The summed E-state index contributed by atoms with van der Waals surface area (Å²) in [5, 5.41) is 0. The second kappa shape index (κ2) is 9.52. The molecule has 1 amide bonds. The summed E-state index contributed by atoms with van der Waals surface area (Å²) < 4.78 is 11.3. The van der Waals surface area contributed by atoms with Crippen LogP contribution >= 0.6 is 0 Å². The zero-order valence-corrected chi connectivity index (χ0v) is 17.2. The molecule has 4 atom stereocenters. The predicted octanol–water partition coefficient (Wildman–Crippen LogP) is 2.64. The summed E-state index contributed by atoms with van der Waals surface area (Å²) in [6.07, 6.45) is 1.66. The maximum absolute atomic E-state index is 13.2. The first-order valence-corrected chi connectivity index (χ1v) is 10.4. The molecule has 2 heterocycles. The maximum atomic E-state index is 13.2. The molecule has 2 fully saturated rings. The number of hydrogen-bond donors (Lipinski definition) is 0. The third-order valence-corrected chi connectivity index (χ3v) is 5.72. The van der Waals surface area contributed by atoms with Gasteiger partial charge in [0.1, 0.15) is 0 Å². The molecule has 0 aromatic heterocycles. The minimum atomic E-state index is -0.237. The standard InChI is InChI=1S/C22H32N2O4/c1-4-27-22(26)19-11-8-12-23(14-19)21(25)17(3)24-13-16(2)28-20(15-24)18-9-6-5-7-10-18/h5-7,9-10,16-17,19-20H,4,8,11-15H2,1-3H3. The van der Waals surface area contributed by atoms with E-state index < -0.39 is 0 Å². The Bertz CT molecular complexity index is 666. The molecule has 28 heavy (non-hydrogen) atoms. The van der Waals surface area contributed by atoms with Crippen LogP contribution in [0.3, 0.4) is 0 Å². The highest BCUT2D eigenvalue weighted by atomic mass is 16.5. The highest BCUT2D eigenvalue weighted by molar-refractivity contribution is 5.82. The Kier molecular flexibility index (Phi) is 7.08. The van der Waals surface area contributed by atoms with Gasteiger partial charge in [-0.15, -0.1) is 0 Å². The summed E-state index contributed by atoms with van der Waals surface area (Å²) >= 11 is 0. The highest BCUT2D eigenvalue weighted by Crippen LogP contribution is 2.27. The van der Waals surface area contributed by atoms with Crippen molar-refractivity contribution in [3.05, 3.63) is 35.9 Å². The van der Waals surface area contributed by atoms with E-state index in [9.17, 15) is 9.59 Å². The average Bonchev–Trinajstić information content (AvgIpc) is 2.73. The lowest BCUT2D eigenvalue weighted by molar-refractivity contribution is -0.153. The number of rotatable bonds is 5. The van der Waals surface area contributed by atoms with Crippen LogP contribution in [0.15, 0.2) is 30.3 Å². The second-order valence-corrected chi connectivity index (χ2v) is 7.85. The first-order valence-electron chi connectivity index (χ1n) is 10.4. The van der Waals surface area contributed by atoms with E-state index in [0.717, 1.165) is 24.9 Å². The topological polar surface area (TPSA) is 59.1 Å². The lowest BCUT2D eigenvalue weighted by Gasteiger charge is -2.42. The molecular weight excluding hydrogens is 356 g/mol. The molecule has 2 aliphatic rings. The molecular formula is C22H32N2O4. The molecule has 0 saturated carbocycles. The fourth-order valence-electron chi connectivity index (χ4n) is 4.20. The lowest BCUT2D eigenvalue weighted by atomic mass is 9.97. The van der Waals surface area contributed by atoms with Crippen LogP contribution in [0, 0.1) is 5.92 Å². The summed E-state index contributed by atoms with van der Waals surface area (Å²) in [6, 6.07) is 9.93. The van der Waals surface area contributed by atoms with Gasteiger partial charge < -0.3 is 14.4 Å². The summed E-state index contributed by atoms with van der Waals surface area (Å²) in [4.78, 5) is 29.3. The van der Waals surface area contributed by atoms with Crippen LogP contribution in [0.2, 0.25) is 0 Å². The number of morpholine rings is 1. The summed E-state index contributed by atoms with van der Waals surface area (Å²) in [5.41, 5.74) is 1.14. The number of benzene rings is 1. The number of piperidine rings is 1. The number of esters is 1. The molecule has 154 valence electrons. The number of carbonyl (C=O) groups excluding carboxylic acids is 2. The number of hydrogen-bond acceptors (Lipinski definition) is 5. The van der Waals surface area contributed by atoms with Crippen LogP contribution < -0.4 is 0 Å². The van der Waals surface area contributed by atoms with E-state index in [-0.39, 0.29) is 36.0 Å². The van der Waals surface area contributed by atoms with Gasteiger partial charge in [-0.3, -0.25) is 14.5 Å². The SMILES string of the molecule is CCOC(=O)C1CCCN(C(=O)C(C)N2CC(C)OC(c3ccccc3)C2)C1. The Morgan fingerprint density at radius 3 is 2.68 bits per heavy atom. The number of amides is 1. The number of ether oxygens (including phenoxy) is 2. The van der Waals surface area contributed by atoms with Gasteiger partial charge >= 0.3 is 5.97 Å². The van der Waals surface area contributed by atoms with Crippen molar-refractivity contribution in [2.45, 2.75) is 51.9 Å². The average molecular weight is 389 g/mol. The molecule has 0 radical (unpaired) electrons. The van der Waals surface area contributed by atoms with Gasteiger partial charge in [0.05, 0.1) is 30.8 Å². The van der Waals surface area contributed by atoms with Crippen molar-refractivity contribution < 1.29 is 19.1 Å². The highest BCUT2D eigenvalue weighted by Gasteiger charge is 2.36. The van der Waals surface area contributed by atoms with Crippen LogP contribution in [0.25, 0.3) is 0 Å². The van der Waals surface area contributed by atoms with Crippen molar-refractivity contribution in [1.82, 2.24) is 9.80 Å². The zero-order valence-electron chi connectivity index (χ0n) is 17.2. The minimum Gasteiger partial charge on any atom is -0.466 e. The van der Waals surface area contributed by atoms with Crippen LogP contribution in [0.5, 0.6) is 0 Å². The fourth-order valence-corrected chi connectivity index (χ4v) is 4.20.